The van der Waals surface area contributed by atoms with E-state index in [0.29, 0.717) is 10.6 Å². The summed E-state index contributed by atoms with van der Waals surface area (Å²) in [7, 11) is -2.95. The Kier molecular flexibility index (Phi) is 6.45. The van der Waals surface area contributed by atoms with Gasteiger partial charge in [0.15, 0.2) is 16.0 Å². The largest absolute Gasteiger partial charge is 0.618 e. The molecule has 170 valence electrons. The second-order valence-electron chi connectivity index (χ2n) is 6.41. The SMILES string of the molecule is CCS(=O)(=O)c1cc(-c2ccc(Cl)cc2)c[n+]([O-])c1C(=O)/N=c1\sc(C(F)(F)F)nn1C. The molecule has 1 amide bonds. The Labute approximate surface area is 188 Å². The zero-order valence-electron chi connectivity index (χ0n) is 16.4. The van der Waals surface area contributed by atoms with Gasteiger partial charge in [-0.25, -0.2) is 13.1 Å². The van der Waals surface area contributed by atoms with E-state index >= 15 is 0 Å². The Morgan fingerprint density at radius 2 is 1.91 bits per heavy atom. The number of benzene rings is 1. The topological polar surface area (TPSA) is 108 Å². The van der Waals surface area contributed by atoms with Gasteiger partial charge in [0.05, 0.1) is 5.75 Å². The van der Waals surface area contributed by atoms with E-state index in [2.05, 4.69) is 10.1 Å². The molecule has 0 atom stereocenters. The molecule has 14 heteroatoms. The van der Waals surface area contributed by atoms with Crippen molar-refractivity contribution in [1.29, 1.82) is 0 Å². The van der Waals surface area contributed by atoms with Crippen LogP contribution in [0.15, 0.2) is 46.4 Å². The highest BCUT2D eigenvalue weighted by Gasteiger charge is 2.36. The van der Waals surface area contributed by atoms with E-state index in [0.717, 1.165) is 24.0 Å². The number of sulfone groups is 1. The average Bonchev–Trinajstić information content (AvgIpc) is 3.08. The highest BCUT2D eigenvalue weighted by Crippen LogP contribution is 2.29. The number of amides is 1. The van der Waals surface area contributed by atoms with Crippen LogP contribution in [0, 0.1) is 5.21 Å². The number of halogens is 4. The molecular weight excluding hydrogens is 493 g/mol. The van der Waals surface area contributed by atoms with E-state index in [1.807, 2.05) is 0 Å². The number of aromatic nitrogens is 3. The molecule has 32 heavy (non-hydrogen) atoms. The molecule has 2 aromatic heterocycles. The minimum atomic E-state index is -4.76. The summed E-state index contributed by atoms with van der Waals surface area (Å²) < 4.78 is 64.7. The third kappa shape index (κ3) is 4.84. The monoisotopic (exact) mass is 506 g/mol. The third-order valence-electron chi connectivity index (χ3n) is 4.24. The van der Waals surface area contributed by atoms with E-state index in [-0.39, 0.29) is 21.6 Å². The van der Waals surface area contributed by atoms with Gasteiger partial charge in [0.2, 0.25) is 9.81 Å². The maximum Gasteiger partial charge on any atom is 0.445 e. The first-order valence-corrected chi connectivity index (χ1v) is 11.6. The molecule has 0 aliphatic rings. The third-order valence-corrected chi connectivity index (χ3v) is 7.28. The van der Waals surface area contributed by atoms with Gasteiger partial charge < -0.3 is 5.21 Å². The van der Waals surface area contributed by atoms with E-state index in [4.69, 9.17) is 11.6 Å². The van der Waals surface area contributed by atoms with Crippen molar-refractivity contribution in [2.75, 3.05) is 5.75 Å². The van der Waals surface area contributed by atoms with Crippen LogP contribution in [0.1, 0.15) is 22.4 Å². The summed E-state index contributed by atoms with van der Waals surface area (Å²) in [4.78, 5) is 15.2. The predicted molar refractivity (Wildman–Crippen MR) is 110 cm³/mol. The van der Waals surface area contributed by atoms with Crippen molar-refractivity contribution in [2.24, 2.45) is 12.0 Å². The Morgan fingerprint density at radius 3 is 2.44 bits per heavy atom. The average molecular weight is 507 g/mol. The van der Waals surface area contributed by atoms with Gasteiger partial charge >= 0.3 is 17.8 Å². The Balaban J connectivity index is 2.21. The zero-order valence-corrected chi connectivity index (χ0v) is 18.8. The van der Waals surface area contributed by atoms with Crippen LogP contribution in [0.3, 0.4) is 0 Å². The molecule has 3 rings (SSSR count). The van der Waals surface area contributed by atoms with E-state index in [1.54, 1.807) is 12.1 Å². The van der Waals surface area contributed by atoms with Crippen LogP contribution in [0.25, 0.3) is 11.1 Å². The van der Waals surface area contributed by atoms with Crippen LogP contribution in [0.2, 0.25) is 5.02 Å². The summed E-state index contributed by atoms with van der Waals surface area (Å²) in [6.07, 6.45) is -3.77. The molecule has 0 spiro atoms. The lowest BCUT2D eigenvalue weighted by Crippen LogP contribution is -2.37. The molecule has 0 aliphatic carbocycles. The Morgan fingerprint density at radius 1 is 1.28 bits per heavy atom. The van der Waals surface area contributed by atoms with Crippen molar-refractivity contribution in [1.82, 2.24) is 9.78 Å². The maximum atomic E-state index is 12.9. The summed E-state index contributed by atoms with van der Waals surface area (Å²) in [6.45, 7) is 1.32. The maximum absolute atomic E-state index is 12.9. The summed E-state index contributed by atoms with van der Waals surface area (Å²) >= 11 is 5.93. The molecule has 0 saturated carbocycles. The number of hydrogen-bond acceptors (Lipinski definition) is 6. The molecule has 2 heterocycles. The molecule has 0 saturated heterocycles. The van der Waals surface area contributed by atoms with Crippen molar-refractivity contribution in [3.8, 4) is 11.1 Å². The van der Waals surface area contributed by atoms with Crippen molar-refractivity contribution in [2.45, 2.75) is 18.0 Å². The highest BCUT2D eigenvalue weighted by molar-refractivity contribution is 7.91. The molecule has 3 aromatic rings. The molecule has 0 unspecified atom stereocenters. The predicted octanol–water partition coefficient (Wildman–Crippen LogP) is 2.99. The summed E-state index contributed by atoms with van der Waals surface area (Å²) in [6, 6.07) is 7.34. The van der Waals surface area contributed by atoms with Crippen LogP contribution >= 0.6 is 22.9 Å². The minimum absolute atomic E-state index is 0.0457. The first kappa shape index (κ1) is 23.9. The number of hydrogen-bond donors (Lipinski definition) is 0. The second-order valence-corrected chi connectivity index (χ2v) is 10.0. The smallest absolute Gasteiger partial charge is 0.445 e. The fourth-order valence-electron chi connectivity index (χ4n) is 2.64. The van der Waals surface area contributed by atoms with Gasteiger partial charge in [-0.05, 0) is 23.8 Å². The minimum Gasteiger partial charge on any atom is -0.618 e. The van der Waals surface area contributed by atoms with E-state index < -0.39 is 48.1 Å². The van der Waals surface area contributed by atoms with Crippen molar-refractivity contribution >= 4 is 38.7 Å². The van der Waals surface area contributed by atoms with Gasteiger partial charge in [0.1, 0.15) is 4.90 Å². The lowest BCUT2D eigenvalue weighted by molar-refractivity contribution is -0.609. The molecule has 0 radical (unpaired) electrons. The summed E-state index contributed by atoms with van der Waals surface area (Å²) in [5.74, 6) is -1.74. The number of nitrogens with zero attached hydrogens (tertiary/aromatic N) is 4. The first-order chi connectivity index (χ1) is 14.8. The van der Waals surface area contributed by atoms with Crippen molar-refractivity contribution in [3.63, 3.8) is 0 Å². The molecule has 0 fully saturated rings. The van der Waals surface area contributed by atoms with Gasteiger partial charge in [-0.3, -0.25) is 4.79 Å². The molecule has 8 nitrogen and oxygen atoms in total. The Bertz CT molecular complexity index is 1360. The number of rotatable bonds is 4. The molecule has 0 bridgehead atoms. The lowest BCUT2D eigenvalue weighted by atomic mass is 10.1. The van der Waals surface area contributed by atoms with Gasteiger partial charge in [-0.15, -0.1) is 0 Å². The number of carbonyl (C=O) groups is 1. The van der Waals surface area contributed by atoms with Gasteiger partial charge in [0.25, 0.3) is 0 Å². The van der Waals surface area contributed by atoms with Crippen molar-refractivity contribution in [3.05, 3.63) is 62.3 Å². The number of carbonyl (C=O) groups excluding carboxylic acids is 1. The Hall–Kier alpha value is -2.77. The van der Waals surface area contributed by atoms with Crippen LogP contribution in [0.5, 0.6) is 0 Å². The van der Waals surface area contributed by atoms with E-state index in [9.17, 15) is 31.6 Å². The summed E-state index contributed by atoms with van der Waals surface area (Å²) in [5.41, 5.74) is -0.166. The molecule has 0 N–H and O–H groups in total. The van der Waals surface area contributed by atoms with E-state index in [1.165, 1.54) is 19.1 Å². The zero-order chi connectivity index (χ0) is 23.8. The highest BCUT2D eigenvalue weighted by atomic mass is 35.5. The number of aryl methyl sites for hydroxylation is 1. The van der Waals surface area contributed by atoms with Crippen LogP contribution in [-0.4, -0.2) is 29.9 Å². The van der Waals surface area contributed by atoms with Gasteiger partial charge in [-0.1, -0.05) is 42.0 Å². The number of alkyl halides is 3. The van der Waals surface area contributed by atoms with Crippen LogP contribution < -0.4 is 9.53 Å². The van der Waals surface area contributed by atoms with Gasteiger partial charge in [-0.2, -0.15) is 28.0 Å². The summed E-state index contributed by atoms with van der Waals surface area (Å²) in [5, 5.41) is 15.1. The van der Waals surface area contributed by atoms with Gasteiger partial charge in [0, 0.05) is 17.6 Å². The normalized spacial score (nSPS) is 12.9. The van der Waals surface area contributed by atoms with Crippen molar-refractivity contribution < 1.29 is 31.1 Å². The quantitative estimate of drug-likeness (QED) is 0.399. The fourth-order valence-corrected chi connectivity index (χ4v) is 4.61. The molecular formula is C18H14ClF3N4O4S2. The first-order valence-electron chi connectivity index (χ1n) is 8.79. The number of pyridine rings is 1. The van der Waals surface area contributed by atoms with Crippen LogP contribution in [-0.2, 0) is 23.1 Å². The second kappa shape index (κ2) is 8.64. The molecule has 1 aromatic carbocycles. The van der Waals surface area contributed by atoms with Crippen LogP contribution in [0.4, 0.5) is 13.2 Å². The molecule has 0 aliphatic heterocycles. The standard InChI is InChI=1S/C18H14ClF3N4O4S2/c1-3-32(29,30)13-8-11(10-4-6-12(19)7-5-10)9-26(28)14(13)15(27)23-17-25(2)24-16(31-17)18(20,21)22/h4-9H,3H2,1-2H3/b23-17-. The lowest BCUT2D eigenvalue weighted by Gasteiger charge is -2.10. The fraction of sp³-hybridized carbons (Fsp3) is 0.222.